The van der Waals surface area contributed by atoms with Crippen molar-refractivity contribution >= 4 is 11.6 Å². The highest BCUT2D eigenvalue weighted by Crippen LogP contribution is 2.10. The number of nitrogen functional groups attached to an aromatic ring is 1. The number of nitrogens with zero attached hydrogens (tertiary/aromatic N) is 2. The standard InChI is InChI=1S/C13H22N4O/c1-10-8-12(14)11(9-16-10)13(18)15-6-4-5-7-17(2)3/h8-9H,4-7H2,1-3H3,(H2,14,16)(H,15,18). The Kier molecular flexibility index (Phi) is 5.58. The summed E-state index contributed by atoms with van der Waals surface area (Å²) in [7, 11) is 4.08. The minimum Gasteiger partial charge on any atom is -0.398 e. The molecule has 0 aromatic carbocycles. The molecule has 1 rings (SSSR count). The van der Waals surface area contributed by atoms with Gasteiger partial charge in [0.2, 0.25) is 0 Å². The van der Waals surface area contributed by atoms with Crippen molar-refractivity contribution in [1.29, 1.82) is 0 Å². The highest BCUT2D eigenvalue weighted by molar-refractivity contribution is 5.98. The van der Waals surface area contributed by atoms with E-state index in [0.29, 0.717) is 17.8 Å². The summed E-state index contributed by atoms with van der Waals surface area (Å²) in [6.45, 7) is 3.55. The summed E-state index contributed by atoms with van der Waals surface area (Å²) < 4.78 is 0. The van der Waals surface area contributed by atoms with Gasteiger partial charge in [0.15, 0.2) is 0 Å². The predicted molar refractivity (Wildman–Crippen MR) is 73.5 cm³/mol. The number of unbranched alkanes of at least 4 members (excludes halogenated alkanes) is 1. The van der Waals surface area contributed by atoms with Crippen molar-refractivity contribution in [2.45, 2.75) is 19.8 Å². The maximum atomic E-state index is 11.8. The zero-order valence-corrected chi connectivity index (χ0v) is 11.4. The lowest BCUT2D eigenvalue weighted by atomic mass is 10.2. The molecule has 0 fully saturated rings. The van der Waals surface area contributed by atoms with Gasteiger partial charge in [0, 0.05) is 24.1 Å². The van der Waals surface area contributed by atoms with Gasteiger partial charge in [0.05, 0.1) is 5.56 Å². The average molecular weight is 250 g/mol. The summed E-state index contributed by atoms with van der Waals surface area (Å²) >= 11 is 0. The summed E-state index contributed by atoms with van der Waals surface area (Å²) in [4.78, 5) is 18.0. The Morgan fingerprint density at radius 2 is 2.17 bits per heavy atom. The molecular weight excluding hydrogens is 228 g/mol. The van der Waals surface area contributed by atoms with E-state index in [1.165, 1.54) is 6.20 Å². The van der Waals surface area contributed by atoms with Crippen LogP contribution in [0.3, 0.4) is 0 Å². The monoisotopic (exact) mass is 250 g/mol. The molecular formula is C13H22N4O. The first-order valence-corrected chi connectivity index (χ1v) is 6.15. The van der Waals surface area contributed by atoms with E-state index < -0.39 is 0 Å². The van der Waals surface area contributed by atoms with Crippen LogP contribution in [0.1, 0.15) is 28.9 Å². The van der Waals surface area contributed by atoms with E-state index in [-0.39, 0.29) is 5.91 Å². The van der Waals surface area contributed by atoms with Crippen LogP contribution in [0.2, 0.25) is 0 Å². The molecule has 1 aromatic rings. The van der Waals surface area contributed by atoms with E-state index in [1.807, 2.05) is 21.0 Å². The molecule has 0 bridgehead atoms. The Balaban J connectivity index is 2.36. The topological polar surface area (TPSA) is 71.2 Å². The molecule has 3 N–H and O–H groups in total. The van der Waals surface area contributed by atoms with Crippen LogP contribution in [0.4, 0.5) is 5.69 Å². The van der Waals surface area contributed by atoms with Crippen LogP contribution in [0.5, 0.6) is 0 Å². The number of hydrogen-bond donors (Lipinski definition) is 2. The third-order valence-electron chi connectivity index (χ3n) is 2.63. The maximum absolute atomic E-state index is 11.8. The molecule has 0 radical (unpaired) electrons. The van der Waals surface area contributed by atoms with Gasteiger partial charge in [0.25, 0.3) is 5.91 Å². The number of rotatable bonds is 6. The fourth-order valence-electron chi connectivity index (χ4n) is 1.62. The number of aryl methyl sites for hydroxylation is 1. The number of carbonyl (C=O) groups excluding carboxylic acids is 1. The highest BCUT2D eigenvalue weighted by Gasteiger charge is 2.09. The molecule has 0 aliphatic carbocycles. The van der Waals surface area contributed by atoms with Gasteiger partial charge >= 0.3 is 0 Å². The maximum Gasteiger partial charge on any atom is 0.254 e. The molecule has 5 heteroatoms. The van der Waals surface area contributed by atoms with Crippen LogP contribution in [0.15, 0.2) is 12.3 Å². The summed E-state index contributed by atoms with van der Waals surface area (Å²) in [5.41, 5.74) is 7.53. The van der Waals surface area contributed by atoms with Crippen molar-refractivity contribution in [3.63, 3.8) is 0 Å². The van der Waals surface area contributed by atoms with Crippen LogP contribution in [0.25, 0.3) is 0 Å². The molecule has 1 amide bonds. The zero-order valence-electron chi connectivity index (χ0n) is 11.4. The van der Waals surface area contributed by atoms with Crippen LogP contribution in [0, 0.1) is 6.92 Å². The fourth-order valence-corrected chi connectivity index (χ4v) is 1.62. The van der Waals surface area contributed by atoms with Crippen molar-refractivity contribution in [2.75, 3.05) is 32.9 Å². The number of anilines is 1. The van der Waals surface area contributed by atoms with Crippen LogP contribution in [-0.2, 0) is 0 Å². The Morgan fingerprint density at radius 1 is 1.44 bits per heavy atom. The van der Waals surface area contributed by atoms with Gasteiger partial charge in [-0.1, -0.05) is 0 Å². The summed E-state index contributed by atoms with van der Waals surface area (Å²) in [6.07, 6.45) is 3.55. The zero-order chi connectivity index (χ0) is 13.5. The van der Waals surface area contributed by atoms with Crippen molar-refractivity contribution in [2.24, 2.45) is 0 Å². The van der Waals surface area contributed by atoms with E-state index >= 15 is 0 Å². The number of aromatic nitrogens is 1. The van der Waals surface area contributed by atoms with E-state index in [1.54, 1.807) is 6.07 Å². The Morgan fingerprint density at radius 3 is 2.78 bits per heavy atom. The minimum atomic E-state index is -0.148. The number of nitrogens with one attached hydrogen (secondary N) is 1. The van der Waals surface area contributed by atoms with Crippen molar-refractivity contribution in [3.05, 3.63) is 23.5 Å². The summed E-state index contributed by atoms with van der Waals surface area (Å²) in [5.74, 6) is -0.148. The van der Waals surface area contributed by atoms with Crippen LogP contribution >= 0.6 is 0 Å². The molecule has 0 aliphatic rings. The van der Waals surface area contributed by atoms with Crippen molar-refractivity contribution in [3.8, 4) is 0 Å². The van der Waals surface area contributed by atoms with E-state index in [4.69, 9.17) is 5.73 Å². The first kappa shape index (κ1) is 14.4. The van der Waals surface area contributed by atoms with Gasteiger partial charge in [0.1, 0.15) is 0 Å². The lowest BCUT2D eigenvalue weighted by Gasteiger charge is -2.10. The quantitative estimate of drug-likeness (QED) is 0.740. The lowest BCUT2D eigenvalue weighted by Crippen LogP contribution is -2.26. The Hall–Kier alpha value is -1.62. The number of nitrogens with two attached hydrogens (primary N) is 1. The second-order valence-corrected chi connectivity index (χ2v) is 4.68. The molecule has 0 saturated heterocycles. The molecule has 100 valence electrons. The minimum absolute atomic E-state index is 0.148. The van der Waals surface area contributed by atoms with Crippen LogP contribution < -0.4 is 11.1 Å². The lowest BCUT2D eigenvalue weighted by molar-refractivity contribution is 0.0953. The smallest absolute Gasteiger partial charge is 0.254 e. The van der Waals surface area contributed by atoms with E-state index in [2.05, 4.69) is 15.2 Å². The van der Waals surface area contributed by atoms with Gasteiger partial charge in [-0.05, 0) is 46.5 Å². The SMILES string of the molecule is Cc1cc(N)c(C(=O)NCCCCN(C)C)cn1. The van der Waals surface area contributed by atoms with Gasteiger partial charge in [-0.3, -0.25) is 9.78 Å². The summed E-state index contributed by atoms with van der Waals surface area (Å²) in [6, 6.07) is 1.71. The van der Waals surface area contributed by atoms with Crippen LogP contribution in [-0.4, -0.2) is 43.0 Å². The fraction of sp³-hybridized carbons (Fsp3) is 0.538. The number of hydrogen-bond acceptors (Lipinski definition) is 4. The molecule has 1 aromatic heterocycles. The molecule has 0 spiro atoms. The molecule has 0 aliphatic heterocycles. The first-order chi connectivity index (χ1) is 8.50. The molecule has 0 unspecified atom stereocenters. The van der Waals surface area contributed by atoms with Crippen molar-refractivity contribution in [1.82, 2.24) is 15.2 Å². The highest BCUT2D eigenvalue weighted by atomic mass is 16.1. The first-order valence-electron chi connectivity index (χ1n) is 6.15. The second-order valence-electron chi connectivity index (χ2n) is 4.68. The number of carbonyl (C=O) groups is 1. The normalized spacial score (nSPS) is 10.7. The predicted octanol–water partition coefficient (Wildman–Crippen LogP) is 1.04. The third kappa shape index (κ3) is 4.71. The van der Waals surface area contributed by atoms with Gasteiger partial charge in [-0.15, -0.1) is 0 Å². The van der Waals surface area contributed by atoms with Crippen molar-refractivity contribution < 1.29 is 4.79 Å². The average Bonchev–Trinajstić information content (AvgIpc) is 2.27. The Labute approximate surface area is 108 Å². The molecule has 18 heavy (non-hydrogen) atoms. The summed E-state index contributed by atoms with van der Waals surface area (Å²) in [5, 5.41) is 2.86. The van der Waals surface area contributed by atoms with Gasteiger partial charge in [-0.2, -0.15) is 0 Å². The van der Waals surface area contributed by atoms with E-state index in [0.717, 1.165) is 25.1 Å². The largest absolute Gasteiger partial charge is 0.398 e. The number of amides is 1. The second kappa shape index (κ2) is 6.96. The molecule has 0 atom stereocenters. The molecule has 1 heterocycles. The molecule has 0 saturated carbocycles. The number of pyridine rings is 1. The molecule has 5 nitrogen and oxygen atoms in total. The Bertz CT molecular complexity index is 404. The van der Waals surface area contributed by atoms with Gasteiger partial charge in [-0.25, -0.2) is 0 Å². The van der Waals surface area contributed by atoms with Gasteiger partial charge < -0.3 is 16.0 Å². The third-order valence-corrected chi connectivity index (χ3v) is 2.63. The van der Waals surface area contributed by atoms with E-state index in [9.17, 15) is 4.79 Å².